The minimum atomic E-state index is -0.304. The van der Waals surface area contributed by atoms with Gasteiger partial charge in [-0.15, -0.1) is 0 Å². The summed E-state index contributed by atoms with van der Waals surface area (Å²) < 4.78 is 0. The van der Waals surface area contributed by atoms with Gasteiger partial charge < -0.3 is 10.7 Å². The van der Waals surface area contributed by atoms with E-state index in [2.05, 4.69) is 9.97 Å². The van der Waals surface area contributed by atoms with Crippen molar-refractivity contribution < 1.29 is 0 Å². The zero-order valence-electron chi connectivity index (χ0n) is 9.85. The van der Waals surface area contributed by atoms with E-state index in [1.807, 2.05) is 12.1 Å². The summed E-state index contributed by atoms with van der Waals surface area (Å²) in [5, 5.41) is 1.41. The van der Waals surface area contributed by atoms with Crippen LogP contribution in [0.25, 0.3) is 22.0 Å². The van der Waals surface area contributed by atoms with E-state index in [1.54, 1.807) is 30.6 Å². The van der Waals surface area contributed by atoms with Crippen LogP contribution in [0.1, 0.15) is 0 Å². The van der Waals surface area contributed by atoms with Gasteiger partial charge >= 0.3 is 0 Å². The molecule has 2 aromatic heterocycles. The number of anilines is 1. The zero-order chi connectivity index (χ0) is 13.4. The number of hydrogen-bond acceptors (Lipinski definition) is 3. The molecule has 0 aliphatic rings. The number of rotatable bonds is 1. The Labute approximate surface area is 113 Å². The number of H-pyrrole nitrogens is 1. The SMILES string of the molecule is Nc1c(-c2ccncc2)c2cc(Cl)ccc2[nH]c1=O. The number of aromatic amines is 1. The van der Waals surface area contributed by atoms with Crippen LogP contribution < -0.4 is 11.3 Å². The van der Waals surface area contributed by atoms with Crippen molar-refractivity contribution in [1.29, 1.82) is 0 Å². The number of aromatic nitrogens is 2. The number of nitrogen functional groups attached to an aromatic ring is 1. The molecule has 2 heterocycles. The summed E-state index contributed by atoms with van der Waals surface area (Å²) in [5.74, 6) is 0. The summed E-state index contributed by atoms with van der Waals surface area (Å²) in [5.41, 5.74) is 8.03. The van der Waals surface area contributed by atoms with Gasteiger partial charge in [-0.05, 0) is 35.9 Å². The van der Waals surface area contributed by atoms with E-state index in [0.717, 1.165) is 10.9 Å². The average Bonchev–Trinajstić information content (AvgIpc) is 2.42. The maximum Gasteiger partial charge on any atom is 0.272 e. The lowest BCUT2D eigenvalue weighted by Crippen LogP contribution is -2.13. The van der Waals surface area contributed by atoms with Crippen LogP contribution in [0, 0.1) is 0 Å². The van der Waals surface area contributed by atoms with Gasteiger partial charge in [0.25, 0.3) is 5.56 Å². The molecule has 0 aliphatic heterocycles. The minimum absolute atomic E-state index is 0.181. The summed E-state index contributed by atoms with van der Waals surface area (Å²) in [6.45, 7) is 0. The van der Waals surface area contributed by atoms with Gasteiger partial charge in [-0.25, -0.2) is 0 Å². The summed E-state index contributed by atoms with van der Waals surface area (Å²) in [6, 6.07) is 8.91. The molecule has 19 heavy (non-hydrogen) atoms. The van der Waals surface area contributed by atoms with E-state index in [-0.39, 0.29) is 11.2 Å². The van der Waals surface area contributed by atoms with Gasteiger partial charge in [0.1, 0.15) is 5.69 Å². The molecular formula is C14H10ClN3O. The predicted octanol–water partition coefficient (Wildman–Crippen LogP) is 2.83. The molecule has 0 aliphatic carbocycles. The molecule has 0 saturated heterocycles. The molecule has 5 heteroatoms. The molecule has 0 atom stereocenters. The Kier molecular flexibility index (Phi) is 2.72. The van der Waals surface area contributed by atoms with E-state index in [1.165, 1.54) is 0 Å². The number of hydrogen-bond donors (Lipinski definition) is 2. The number of pyridine rings is 2. The molecule has 0 bridgehead atoms. The highest BCUT2D eigenvalue weighted by molar-refractivity contribution is 6.31. The van der Waals surface area contributed by atoms with Crippen LogP contribution in [-0.2, 0) is 0 Å². The molecule has 0 unspecified atom stereocenters. The average molecular weight is 272 g/mol. The van der Waals surface area contributed by atoms with Gasteiger partial charge in [-0.1, -0.05) is 11.6 Å². The lowest BCUT2D eigenvalue weighted by Gasteiger charge is -2.09. The fourth-order valence-corrected chi connectivity index (χ4v) is 2.28. The Hall–Kier alpha value is -2.33. The summed E-state index contributed by atoms with van der Waals surface area (Å²) in [4.78, 5) is 18.6. The van der Waals surface area contributed by atoms with Crippen molar-refractivity contribution in [2.75, 3.05) is 5.73 Å². The van der Waals surface area contributed by atoms with E-state index in [0.29, 0.717) is 16.1 Å². The number of fused-ring (bicyclic) bond motifs is 1. The molecule has 0 spiro atoms. The van der Waals surface area contributed by atoms with Crippen molar-refractivity contribution in [3.8, 4) is 11.1 Å². The predicted molar refractivity (Wildman–Crippen MR) is 77.2 cm³/mol. The summed E-state index contributed by atoms with van der Waals surface area (Å²) in [6.07, 6.45) is 3.32. The quantitative estimate of drug-likeness (QED) is 0.715. The maximum atomic E-state index is 11.9. The van der Waals surface area contributed by atoms with Gasteiger partial charge in [-0.3, -0.25) is 9.78 Å². The van der Waals surface area contributed by atoms with Crippen molar-refractivity contribution in [3.05, 3.63) is 58.1 Å². The van der Waals surface area contributed by atoms with Crippen LogP contribution >= 0.6 is 11.6 Å². The molecule has 0 saturated carbocycles. The highest BCUT2D eigenvalue weighted by atomic mass is 35.5. The lowest BCUT2D eigenvalue weighted by molar-refractivity contribution is 1.30. The second kappa shape index (κ2) is 4.40. The van der Waals surface area contributed by atoms with Crippen LogP contribution in [0.5, 0.6) is 0 Å². The van der Waals surface area contributed by atoms with E-state index in [9.17, 15) is 4.79 Å². The second-order valence-corrected chi connectivity index (χ2v) is 4.61. The Balaban J connectivity index is 2.48. The Morgan fingerprint density at radius 3 is 2.63 bits per heavy atom. The third-order valence-corrected chi connectivity index (χ3v) is 3.22. The Bertz CT molecular complexity index is 812. The number of nitrogens with zero attached hydrogens (tertiary/aromatic N) is 1. The lowest BCUT2D eigenvalue weighted by atomic mass is 10.0. The second-order valence-electron chi connectivity index (χ2n) is 4.17. The third kappa shape index (κ3) is 1.96. The highest BCUT2D eigenvalue weighted by Crippen LogP contribution is 2.31. The van der Waals surface area contributed by atoms with Gasteiger partial charge in [-0.2, -0.15) is 0 Å². The van der Waals surface area contributed by atoms with Crippen LogP contribution in [0.15, 0.2) is 47.5 Å². The standard InChI is InChI=1S/C14H10ClN3O/c15-9-1-2-11-10(7-9)12(13(16)14(19)18-11)8-3-5-17-6-4-8/h1-7H,16H2,(H,18,19). The summed E-state index contributed by atoms with van der Waals surface area (Å²) in [7, 11) is 0. The molecular weight excluding hydrogens is 262 g/mol. The van der Waals surface area contributed by atoms with Crippen molar-refractivity contribution in [2.45, 2.75) is 0 Å². The topological polar surface area (TPSA) is 71.8 Å². The molecule has 0 amide bonds. The maximum absolute atomic E-state index is 11.9. The van der Waals surface area contributed by atoms with E-state index < -0.39 is 0 Å². The molecule has 4 nitrogen and oxygen atoms in total. The van der Waals surface area contributed by atoms with Gasteiger partial charge in [0.05, 0.1) is 0 Å². The summed E-state index contributed by atoms with van der Waals surface area (Å²) >= 11 is 6.03. The molecule has 0 fully saturated rings. The van der Waals surface area contributed by atoms with Crippen LogP contribution in [0.2, 0.25) is 5.02 Å². The molecule has 3 rings (SSSR count). The molecule has 1 aromatic carbocycles. The third-order valence-electron chi connectivity index (χ3n) is 2.98. The number of halogens is 1. The number of nitrogens with one attached hydrogen (secondary N) is 1. The first-order valence-electron chi connectivity index (χ1n) is 5.68. The van der Waals surface area contributed by atoms with Gasteiger partial charge in [0, 0.05) is 33.9 Å². The first-order valence-corrected chi connectivity index (χ1v) is 6.06. The molecule has 3 N–H and O–H groups in total. The zero-order valence-corrected chi connectivity index (χ0v) is 10.6. The molecule has 3 aromatic rings. The fourth-order valence-electron chi connectivity index (χ4n) is 2.11. The monoisotopic (exact) mass is 271 g/mol. The first-order chi connectivity index (χ1) is 9.16. The normalized spacial score (nSPS) is 10.8. The Morgan fingerprint density at radius 2 is 1.89 bits per heavy atom. The van der Waals surface area contributed by atoms with Crippen LogP contribution in [0.4, 0.5) is 5.69 Å². The van der Waals surface area contributed by atoms with E-state index >= 15 is 0 Å². The Morgan fingerprint density at radius 1 is 1.16 bits per heavy atom. The minimum Gasteiger partial charge on any atom is -0.394 e. The van der Waals surface area contributed by atoms with Crippen LogP contribution in [0.3, 0.4) is 0 Å². The van der Waals surface area contributed by atoms with Gasteiger partial charge in [0.15, 0.2) is 0 Å². The van der Waals surface area contributed by atoms with Crippen molar-refractivity contribution in [3.63, 3.8) is 0 Å². The van der Waals surface area contributed by atoms with Crippen LogP contribution in [-0.4, -0.2) is 9.97 Å². The van der Waals surface area contributed by atoms with Crippen molar-refractivity contribution >= 4 is 28.2 Å². The van der Waals surface area contributed by atoms with Gasteiger partial charge in [0.2, 0.25) is 0 Å². The first kappa shape index (κ1) is 11.7. The largest absolute Gasteiger partial charge is 0.394 e. The van der Waals surface area contributed by atoms with Crippen molar-refractivity contribution in [1.82, 2.24) is 9.97 Å². The number of benzene rings is 1. The molecule has 94 valence electrons. The van der Waals surface area contributed by atoms with Crippen molar-refractivity contribution in [2.24, 2.45) is 0 Å². The molecule has 0 radical (unpaired) electrons. The highest BCUT2D eigenvalue weighted by Gasteiger charge is 2.12. The fraction of sp³-hybridized carbons (Fsp3) is 0. The number of nitrogens with two attached hydrogens (primary N) is 1. The van der Waals surface area contributed by atoms with E-state index in [4.69, 9.17) is 17.3 Å². The smallest absolute Gasteiger partial charge is 0.272 e.